The van der Waals surface area contributed by atoms with E-state index in [0.717, 1.165) is 18.9 Å². The number of halogens is 7. The molecule has 1 aliphatic heterocycles. The topological polar surface area (TPSA) is 80.5 Å². The molecule has 3 atom stereocenters. The number of aromatic nitrogens is 5. The highest BCUT2D eigenvalue weighted by molar-refractivity contribution is 6.29. The van der Waals surface area contributed by atoms with E-state index in [4.69, 9.17) is 16.3 Å². The summed E-state index contributed by atoms with van der Waals surface area (Å²) in [6.45, 7) is -0.412. The molecule has 3 aromatic heterocycles. The second-order valence-electron chi connectivity index (χ2n) is 8.53. The number of nitrogens with zero attached hydrogens (tertiary/aromatic N) is 6. The molecule has 0 radical (unpaired) electrons. The summed E-state index contributed by atoms with van der Waals surface area (Å²) in [5, 5.41) is 7.37. The molecule has 188 valence electrons. The third-order valence-electron chi connectivity index (χ3n) is 6.20. The van der Waals surface area contributed by atoms with E-state index in [1.807, 2.05) is 0 Å². The van der Waals surface area contributed by atoms with E-state index in [0.29, 0.717) is 34.6 Å². The molecule has 2 aliphatic rings. The summed E-state index contributed by atoms with van der Waals surface area (Å²) in [4.78, 5) is 14.3. The maximum absolute atomic E-state index is 13.5. The minimum absolute atomic E-state index is 0.112. The highest BCUT2D eigenvalue weighted by Crippen LogP contribution is 2.40. The molecule has 0 spiro atoms. The van der Waals surface area contributed by atoms with Gasteiger partial charge >= 0.3 is 12.4 Å². The molecule has 1 saturated heterocycles. The lowest BCUT2D eigenvalue weighted by atomic mass is 9.92. The van der Waals surface area contributed by atoms with Crippen LogP contribution in [0.4, 0.5) is 38.1 Å². The van der Waals surface area contributed by atoms with Crippen LogP contribution in [-0.4, -0.2) is 56.5 Å². The number of piperidine rings is 1. The molecule has 3 aromatic rings. The van der Waals surface area contributed by atoms with Gasteiger partial charge < -0.3 is 15.0 Å². The van der Waals surface area contributed by atoms with Gasteiger partial charge in [-0.1, -0.05) is 11.6 Å². The number of hydrogen-bond acceptors (Lipinski definition) is 7. The van der Waals surface area contributed by atoms with E-state index in [2.05, 4.69) is 30.3 Å². The number of hydrogen-bond donors (Lipinski definition) is 1. The molecule has 1 aliphatic carbocycles. The highest BCUT2D eigenvalue weighted by Gasteiger charge is 2.43. The van der Waals surface area contributed by atoms with Crippen LogP contribution in [0, 0.1) is 11.8 Å². The molecule has 0 unspecified atom stereocenters. The molecule has 5 rings (SSSR count). The van der Waals surface area contributed by atoms with Crippen LogP contribution in [0.5, 0.6) is 5.75 Å². The van der Waals surface area contributed by atoms with Crippen molar-refractivity contribution < 1.29 is 31.1 Å². The Balaban J connectivity index is 1.40. The van der Waals surface area contributed by atoms with Crippen molar-refractivity contribution >= 4 is 29.0 Å². The fraction of sp³-hybridized carbons (Fsp3) is 0.500. The van der Waals surface area contributed by atoms with Gasteiger partial charge in [0.1, 0.15) is 23.0 Å². The summed E-state index contributed by atoms with van der Waals surface area (Å²) in [5.41, 5.74) is -1.63. The molecule has 0 aromatic carbocycles. The van der Waals surface area contributed by atoms with Crippen LogP contribution < -0.4 is 15.0 Å². The second kappa shape index (κ2) is 8.57. The Hall–Kier alpha value is -3.03. The van der Waals surface area contributed by atoms with Gasteiger partial charge in [0.05, 0.1) is 0 Å². The minimum Gasteiger partial charge on any atom is -0.480 e. The van der Waals surface area contributed by atoms with Crippen molar-refractivity contribution in [3.05, 3.63) is 35.4 Å². The standard InChI is InChI=1S/C20H18ClF6N7O/c21-14-5-15(29-9-28-14)33-6-10-1-2-11(7-33)16(10)30-18-31-17-12(35-8-19(22,23)24)3-4-13(20(25,26)27)34(17)32-18/h3-5,9-11,16H,1-2,6-8H2,(H,30,32)/t10-,11+,16-. The van der Waals surface area contributed by atoms with Crippen molar-refractivity contribution in [2.24, 2.45) is 11.8 Å². The van der Waals surface area contributed by atoms with Crippen molar-refractivity contribution in [2.75, 3.05) is 29.9 Å². The van der Waals surface area contributed by atoms with Gasteiger partial charge in [-0.05, 0) is 36.8 Å². The van der Waals surface area contributed by atoms with Crippen molar-refractivity contribution in [1.29, 1.82) is 0 Å². The molecule has 4 heterocycles. The maximum Gasteiger partial charge on any atom is 0.433 e. The van der Waals surface area contributed by atoms with Crippen LogP contribution in [0.25, 0.3) is 5.65 Å². The Kier molecular flexibility index (Phi) is 5.80. The monoisotopic (exact) mass is 521 g/mol. The van der Waals surface area contributed by atoms with E-state index in [1.54, 1.807) is 6.07 Å². The van der Waals surface area contributed by atoms with E-state index >= 15 is 0 Å². The van der Waals surface area contributed by atoms with Gasteiger partial charge in [0.15, 0.2) is 18.0 Å². The van der Waals surface area contributed by atoms with Gasteiger partial charge in [-0.15, -0.1) is 5.10 Å². The van der Waals surface area contributed by atoms with E-state index in [9.17, 15) is 26.3 Å². The number of rotatable bonds is 5. The number of pyridine rings is 1. The molecule has 8 nitrogen and oxygen atoms in total. The minimum atomic E-state index is -4.80. The van der Waals surface area contributed by atoms with Crippen LogP contribution in [-0.2, 0) is 6.18 Å². The number of alkyl halides is 6. The summed E-state index contributed by atoms with van der Waals surface area (Å²) in [7, 11) is 0. The predicted molar refractivity (Wildman–Crippen MR) is 112 cm³/mol. The number of fused-ring (bicyclic) bond motifs is 3. The molecular weight excluding hydrogens is 504 g/mol. The summed E-state index contributed by atoms with van der Waals surface area (Å²) in [5.74, 6) is 0.370. The van der Waals surface area contributed by atoms with Gasteiger partial charge in [-0.25, -0.2) is 14.5 Å². The first kappa shape index (κ1) is 23.7. The number of anilines is 2. The summed E-state index contributed by atoms with van der Waals surface area (Å²) in [6, 6.07) is 2.97. The van der Waals surface area contributed by atoms with E-state index in [-0.39, 0.29) is 23.8 Å². The Labute approximate surface area is 199 Å². The lowest BCUT2D eigenvalue weighted by molar-refractivity contribution is -0.153. The fourth-order valence-electron chi connectivity index (χ4n) is 4.78. The van der Waals surface area contributed by atoms with Crippen molar-refractivity contribution in [3.63, 3.8) is 0 Å². The van der Waals surface area contributed by atoms with Gasteiger partial charge in [0.2, 0.25) is 5.95 Å². The summed E-state index contributed by atoms with van der Waals surface area (Å²) < 4.78 is 83.5. The second-order valence-corrected chi connectivity index (χ2v) is 8.91. The van der Waals surface area contributed by atoms with Gasteiger partial charge in [-0.3, -0.25) is 0 Å². The molecular formula is C20H18ClF6N7O. The van der Waals surface area contributed by atoms with Crippen LogP contribution in [0.2, 0.25) is 5.15 Å². The first-order valence-electron chi connectivity index (χ1n) is 10.6. The molecule has 2 bridgehead atoms. The largest absolute Gasteiger partial charge is 0.480 e. The smallest absolute Gasteiger partial charge is 0.433 e. The lowest BCUT2D eigenvalue weighted by Crippen LogP contribution is -2.48. The highest BCUT2D eigenvalue weighted by atomic mass is 35.5. The fourth-order valence-corrected chi connectivity index (χ4v) is 4.92. The Morgan fingerprint density at radius 2 is 1.77 bits per heavy atom. The average molecular weight is 522 g/mol. The first-order chi connectivity index (χ1) is 16.5. The van der Waals surface area contributed by atoms with Gasteiger partial charge in [0, 0.05) is 25.2 Å². The van der Waals surface area contributed by atoms with E-state index in [1.165, 1.54) is 6.33 Å². The van der Waals surface area contributed by atoms with Crippen molar-refractivity contribution in [3.8, 4) is 5.75 Å². The van der Waals surface area contributed by atoms with Crippen LogP contribution in [0.1, 0.15) is 18.5 Å². The number of nitrogens with one attached hydrogen (secondary N) is 1. The Morgan fingerprint density at radius 1 is 1.06 bits per heavy atom. The van der Waals surface area contributed by atoms with Gasteiger partial charge in [0.25, 0.3) is 0 Å². The van der Waals surface area contributed by atoms with Crippen molar-refractivity contribution in [1.82, 2.24) is 24.6 Å². The first-order valence-corrected chi connectivity index (χ1v) is 11.0. The molecule has 0 amide bonds. The van der Waals surface area contributed by atoms with Crippen LogP contribution >= 0.6 is 11.6 Å². The van der Waals surface area contributed by atoms with Crippen molar-refractivity contribution in [2.45, 2.75) is 31.2 Å². The lowest BCUT2D eigenvalue weighted by Gasteiger charge is -2.38. The quantitative estimate of drug-likeness (QED) is 0.392. The van der Waals surface area contributed by atoms with Crippen LogP contribution in [0.3, 0.4) is 0 Å². The zero-order valence-electron chi connectivity index (χ0n) is 17.8. The summed E-state index contributed by atoms with van der Waals surface area (Å²) in [6.07, 6.45) is -6.34. The molecule has 35 heavy (non-hydrogen) atoms. The SMILES string of the molecule is FC(F)(F)COc1ccc(C(F)(F)F)n2nc(N[C@@H]3[C@@H]4CC[C@H]3CN(c3cc(Cl)ncn3)C4)nc12. The predicted octanol–water partition coefficient (Wildman–Crippen LogP) is 4.46. The van der Waals surface area contributed by atoms with Gasteiger partial charge in [-0.2, -0.15) is 31.3 Å². The number of ether oxygens (including phenoxy) is 1. The average Bonchev–Trinajstić information content (AvgIpc) is 3.27. The Morgan fingerprint density at radius 3 is 2.40 bits per heavy atom. The summed E-state index contributed by atoms with van der Waals surface area (Å²) >= 11 is 5.97. The molecule has 15 heteroatoms. The van der Waals surface area contributed by atoms with Crippen LogP contribution in [0.15, 0.2) is 24.5 Å². The third kappa shape index (κ3) is 4.88. The zero-order chi connectivity index (χ0) is 25.0. The molecule has 1 N–H and O–H groups in total. The van der Waals surface area contributed by atoms with E-state index < -0.39 is 36.1 Å². The maximum atomic E-state index is 13.5. The molecule has 1 saturated carbocycles. The zero-order valence-corrected chi connectivity index (χ0v) is 18.6. The normalized spacial score (nSPS) is 22.6. The third-order valence-corrected chi connectivity index (χ3v) is 6.41. The Bertz CT molecular complexity index is 1220. The molecule has 2 fully saturated rings.